The summed E-state index contributed by atoms with van der Waals surface area (Å²) in [5, 5.41) is 11.6. The van der Waals surface area contributed by atoms with Crippen molar-refractivity contribution in [3.8, 4) is 0 Å². The first kappa shape index (κ1) is 17.4. The fourth-order valence-corrected chi connectivity index (χ4v) is 2.41. The molecule has 1 aromatic rings. The highest BCUT2D eigenvalue weighted by Gasteiger charge is 2.51. The van der Waals surface area contributed by atoms with E-state index < -0.39 is 18.2 Å². The Morgan fingerprint density at radius 3 is 2.52 bits per heavy atom. The van der Waals surface area contributed by atoms with Crippen LogP contribution < -0.4 is 5.32 Å². The van der Waals surface area contributed by atoms with Gasteiger partial charge in [-0.2, -0.15) is 0 Å². The van der Waals surface area contributed by atoms with Gasteiger partial charge in [0.1, 0.15) is 0 Å². The van der Waals surface area contributed by atoms with Gasteiger partial charge in [-0.05, 0) is 17.9 Å². The van der Waals surface area contributed by atoms with Gasteiger partial charge in [-0.3, -0.25) is 4.79 Å². The Bertz CT molecular complexity index is 531. The molecular weight excluding hydrogens is 298 g/mol. The fourth-order valence-electron chi connectivity index (χ4n) is 2.41. The standard InChI is InChI=1S/C17H23NO5/c1-11(2)8-13(10-22-9-12-6-4-3-5-7-12)18-16(19)14-15(23-14)17(20)21/h3-7,11,13-15H,8-10H2,1-2H3,(H,18,19)(H,20,21)/t13?,14-,15-/m0/s1. The molecule has 0 aromatic heterocycles. The molecule has 23 heavy (non-hydrogen) atoms. The topological polar surface area (TPSA) is 88.2 Å². The maximum absolute atomic E-state index is 12.0. The maximum Gasteiger partial charge on any atom is 0.336 e. The Kier molecular flexibility index (Phi) is 6.12. The van der Waals surface area contributed by atoms with E-state index in [9.17, 15) is 9.59 Å². The molecule has 2 N–H and O–H groups in total. The molecule has 1 unspecified atom stereocenters. The number of hydrogen-bond acceptors (Lipinski definition) is 4. The first-order valence-electron chi connectivity index (χ1n) is 7.77. The number of nitrogens with one attached hydrogen (secondary N) is 1. The van der Waals surface area contributed by atoms with E-state index in [2.05, 4.69) is 19.2 Å². The van der Waals surface area contributed by atoms with Crippen molar-refractivity contribution >= 4 is 11.9 Å². The first-order valence-corrected chi connectivity index (χ1v) is 7.77. The van der Waals surface area contributed by atoms with Gasteiger partial charge >= 0.3 is 5.97 Å². The van der Waals surface area contributed by atoms with Gasteiger partial charge < -0.3 is 19.9 Å². The molecule has 1 fully saturated rings. The maximum atomic E-state index is 12.0. The molecule has 1 aliphatic rings. The third-order valence-corrected chi connectivity index (χ3v) is 3.53. The van der Waals surface area contributed by atoms with Crippen LogP contribution in [0, 0.1) is 5.92 Å². The van der Waals surface area contributed by atoms with Gasteiger partial charge in [0.25, 0.3) is 5.91 Å². The number of carboxylic acid groups (broad SMARTS) is 1. The van der Waals surface area contributed by atoms with Crippen LogP contribution in [0.1, 0.15) is 25.8 Å². The number of hydrogen-bond donors (Lipinski definition) is 2. The first-order chi connectivity index (χ1) is 11.0. The Balaban J connectivity index is 1.80. The largest absolute Gasteiger partial charge is 0.479 e. The fraction of sp³-hybridized carbons (Fsp3) is 0.529. The Hall–Kier alpha value is -1.92. The summed E-state index contributed by atoms with van der Waals surface area (Å²) in [5.74, 6) is -1.10. The number of epoxide rings is 1. The zero-order chi connectivity index (χ0) is 16.8. The highest BCUT2D eigenvalue weighted by Crippen LogP contribution is 2.22. The molecule has 1 heterocycles. The average molecular weight is 321 g/mol. The van der Waals surface area contributed by atoms with E-state index in [1.807, 2.05) is 30.3 Å². The van der Waals surface area contributed by atoms with Crippen LogP contribution in [0.15, 0.2) is 30.3 Å². The third kappa shape index (κ3) is 5.65. The number of carboxylic acids is 1. The summed E-state index contributed by atoms with van der Waals surface area (Å²) in [6.45, 7) is 4.97. The summed E-state index contributed by atoms with van der Waals surface area (Å²) >= 11 is 0. The lowest BCUT2D eigenvalue weighted by molar-refractivity contribution is -0.138. The van der Waals surface area contributed by atoms with Crippen LogP contribution in [0.3, 0.4) is 0 Å². The van der Waals surface area contributed by atoms with E-state index in [4.69, 9.17) is 14.6 Å². The predicted molar refractivity (Wildman–Crippen MR) is 83.8 cm³/mol. The van der Waals surface area contributed by atoms with Gasteiger partial charge in [0.15, 0.2) is 12.2 Å². The van der Waals surface area contributed by atoms with E-state index in [1.165, 1.54) is 0 Å². The van der Waals surface area contributed by atoms with Crippen LogP contribution in [0.25, 0.3) is 0 Å². The van der Waals surface area contributed by atoms with Gasteiger partial charge in [0.05, 0.1) is 19.3 Å². The lowest BCUT2D eigenvalue weighted by atomic mass is 10.0. The second-order valence-corrected chi connectivity index (χ2v) is 6.15. The molecule has 6 heteroatoms. The quantitative estimate of drug-likeness (QED) is 0.674. The second-order valence-electron chi connectivity index (χ2n) is 6.15. The van der Waals surface area contributed by atoms with Crippen LogP contribution in [0.2, 0.25) is 0 Å². The van der Waals surface area contributed by atoms with Gasteiger partial charge in [-0.1, -0.05) is 44.2 Å². The van der Waals surface area contributed by atoms with Crippen LogP contribution >= 0.6 is 0 Å². The molecule has 6 nitrogen and oxygen atoms in total. The lowest BCUT2D eigenvalue weighted by Crippen LogP contribution is -2.42. The predicted octanol–water partition coefficient (Wildman–Crippen LogP) is 1.59. The molecule has 1 amide bonds. The summed E-state index contributed by atoms with van der Waals surface area (Å²) in [6, 6.07) is 9.63. The van der Waals surface area contributed by atoms with Crippen molar-refractivity contribution in [3.63, 3.8) is 0 Å². The number of amides is 1. The van der Waals surface area contributed by atoms with Crippen LogP contribution in [0.4, 0.5) is 0 Å². The summed E-state index contributed by atoms with van der Waals surface area (Å²) < 4.78 is 10.6. The Morgan fingerprint density at radius 1 is 1.26 bits per heavy atom. The van der Waals surface area contributed by atoms with Crippen molar-refractivity contribution < 1.29 is 24.2 Å². The average Bonchev–Trinajstić information content (AvgIpc) is 3.28. The smallest absolute Gasteiger partial charge is 0.336 e. The van der Waals surface area contributed by atoms with Gasteiger partial charge in [0, 0.05) is 0 Å². The van der Waals surface area contributed by atoms with Crippen molar-refractivity contribution in [1.82, 2.24) is 5.32 Å². The van der Waals surface area contributed by atoms with Gasteiger partial charge in [0.2, 0.25) is 0 Å². The number of aliphatic carboxylic acids is 1. The van der Waals surface area contributed by atoms with Crippen LogP contribution in [0.5, 0.6) is 0 Å². The zero-order valence-electron chi connectivity index (χ0n) is 13.4. The van der Waals surface area contributed by atoms with E-state index in [1.54, 1.807) is 0 Å². The normalized spacial score (nSPS) is 21.0. The van der Waals surface area contributed by atoms with Crippen molar-refractivity contribution in [2.75, 3.05) is 6.61 Å². The number of carbonyl (C=O) groups is 2. The Morgan fingerprint density at radius 2 is 1.96 bits per heavy atom. The van der Waals surface area contributed by atoms with Crippen molar-refractivity contribution in [2.45, 2.75) is 45.1 Å². The molecule has 0 bridgehead atoms. The molecule has 1 aromatic carbocycles. The molecule has 3 atom stereocenters. The minimum Gasteiger partial charge on any atom is -0.479 e. The van der Waals surface area contributed by atoms with Crippen molar-refractivity contribution in [3.05, 3.63) is 35.9 Å². The monoisotopic (exact) mass is 321 g/mol. The minimum absolute atomic E-state index is 0.162. The third-order valence-electron chi connectivity index (χ3n) is 3.53. The molecule has 1 saturated heterocycles. The minimum atomic E-state index is -1.11. The van der Waals surface area contributed by atoms with Crippen LogP contribution in [-0.4, -0.2) is 41.8 Å². The second kappa shape index (κ2) is 8.08. The zero-order valence-corrected chi connectivity index (χ0v) is 13.4. The molecule has 1 aliphatic heterocycles. The van der Waals surface area contributed by atoms with Crippen LogP contribution in [-0.2, 0) is 25.7 Å². The highest BCUT2D eigenvalue weighted by molar-refractivity contribution is 5.92. The molecule has 2 rings (SSSR count). The Labute approximate surface area is 135 Å². The van der Waals surface area contributed by atoms with E-state index in [0.29, 0.717) is 19.1 Å². The summed E-state index contributed by atoms with van der Waals surface area (Å²) in [5.41, 5.74) is 1.07. The van der Waals surface area contributed by atoms with E-state index >= 15 is 0 Å². The summed E-state index contributed by atoms with van der Waals surface area (Å²) in [6.07, 6.45) is -1.14. The van der Waals surface area contributed by atoms with E-state index in [0.717, 1.165) is 12.0 Å². The summed E-state index contributed by atoms with van der Waals surface area (Å²) in [7, 11) is 0. The highest BCUT2D eigenvalue weighted by atomic mass is 16.6. The number of ether oxygens (including phenoxy) is 2. The van der Waals surface area contributed by atoms with E-state index in [-0.39, 0.29) is 11.9 Å². The SMILES string of the molecule is CC(C)CC(COCc1ccccc1)NC(=O)[C@H]1O[C@@H]1C(=O)O. The lowest BCUT2D eigenvalue weighted by Gasteiger charge is -2.20. The number of rotatable bonds is 9. The molecule has 0 spiro atoms. The van der Waals surface area contributed by atoms with Gasteiger partial charge in [-0.15, -0.1) is 0 Å². The summed E-state index contributed by atoms with van der Waals surface area (Å²) in [4.78, 5) is 22.7. The number of benzene rings is 1. The number of carbonyl (C=O) groups excluding carboxylic acids is 1. The van der Waals surface area contributed by atoms with Crippen molar-refractivity contribution in [1.29, 1.82) is 0 Å². The molecule has 126 valence electrons. The van der Waals surface area contributed by atoms with Crippen molar-refractivity contribution in [2.24, 2.45) is 5.92 Å². The molecule has 0 aliphatic carbocycles. The molecule has 0 radical (unpaired) electrons. The van der Waals surface area contributed by atoms with Gasteiger partial charge in [-0.25, -0.2) is 4.79 Å². The molecular formula is C17H23NO5. The molecule has 0 saturated carbocycles.